The molecule has 0 amide bonds. The van der Waals surface area contributed by atoms with Crippen molar-refractivity contribution >= 4 is 33.2 Å². The number of nitrogens with one attached hydrogen (secondary N) is 1. The number of benzene rings is 2. The van der Waals surface area contributed by atoms with Crippen LogP contribution in [0.15, 0.2) is 41.3 Å². The van der Waals surface area contributed by atoms with Gasteiger partial charge in [0.15, 0.2) is 0 Å². The fourth-order valence-electron chi connectivity index (χ4n) is 3.44. The van der Waals surface area contributed by atoms with Crippen molar-refractivity contribution < 1.29 is 17.9 Å². The largest absolute Gasteiger partial charge is 0.456 e. The Morgan fingerprint density at radius 3 is 2.52 bits per heavy atom. The van der Waals surface area contributed by atoms with Gasteiger partial charge in [-0.3, -0.25) is 0 Å². The third kappa shape index (κ3) is 4.51. The SMILES string of the molecule is N#Cc1ccc(Oc2cc(Cl)cc(Cl)c2)c(S(=O)(=O)N[C@@H]2CC3OC3C[C@@H]2N)c1. The molecule has 10 heteroatoms. The van der Waals surface area contributed by atoms with Gasteiger partial charge in [0, 0.05) is 22.1 Å². The number of fused-ring (bicyclic) bond motifs is 1. The second-order valence-electron chi connectivity index (χ2n) is 7.06. The fraction of sp³-hybridized carbons (Fsp3) is 0.316. The van der Waals surface area contributed by atoms with E-state index < -0.39 is 16.1 Å². The molecule has 2 aliphatic rings. The molecule has 1 aliphatic carbocycles. The van der Waals surface area contributed by atoms with E-state index in [1.54, 1.807) is 0 Å². The Labute approximate surface area is 178 Å². The molecular formula is C19H17Cl2N3O4S. The van der Waals surface area contributed by atoms with Crippen LogP contribution >= 0.6 is 23.2 Å². The van der Waals surface area contributed by atoms with Crippen LogP contribution in [0, 0.1) is 11.3 Å². The summed E-state index contributed by atoms with van der Waals surface area (Å²) >= 11 is 12.0. The maximum atomic E-state index is 13.1. The zero-order chi connectivity index (χ0) is 20.8. The molecule has 1 aliphatic heterocycles. The Morgan fingerprint density at radius 1 is 1.14 bits per heavy atom. The monoisotopic (exact) mass is 453 g/mol. The zero-order valence-corrected chi connectivity index (χ0v) is 17.3. The first kappa shape index (κ1) is 20.4. The molecule has 2 aromatic carbocycles. The molecule has 3 N–H and O–H groups in total. The van der Waals surface area contributed by atoms with E-state index in [2.05, 4.69) is 4.72 Å². The Bertz CT molecular complexity index is 1080. The van der Waals surface area contributed by atoms with Crippen LogP contribution < -0.4 is 15.2 Å². The molecule has 1 saturated heterocycles. The second-order valence-corrected chi connectivity index (χ2v) is 9.61. The highest BCUT2D eigenvalue weighted by molar-refractivity contribution is 7.89. The molecule has 0 radical (unpaired) electrons. The van der Waals surface area contributed by atoms with Gasteiger partial charge in [-0.2, -0.15) is 5.26 Å². The van der Waals surface area contributed by atoms with Gasteiger partial charge in [0.1, 0.15) is 16.4 Å². The number of hydrogen-bond donors (Lipinski definition) is 2. The molecule has 2 unspecified atom stereocenters. The first-order valence-electron chi connectivity index (χ1n) is 8.86. The summed E-state index contributed by atoms with van der Waals surface area (Å²) in [6.07, 6.45) is 1.26. The molecule has 0 spiro atoms. The summed E-state index contributed by atoms with van der Waals surface area (Å²) in [7, 11) is -4.03. The smallest absolute Gasteiger partial charge is 0.244 e. The van der Waals surface area contributed by atoms with Gasteiger partial charge in [-0.25, -0.2) is 13.1 Å². The summed E-state index contributed by atoms with van der Waals surface area (Å²) in [6.45, 7) is 0. The summed E-state index contributed by atoms with van der Waals surface area (Å²) in [6, 6.07) is 9.81. The van der Waals surface area contributed by atoms with Gasteiger partial charge < -0.3 is 15.2 Å². The number of halogens is 2. The van der Waals surface area contributed by atoms with Crippen LogP contribution in [0.4, 0.5) is 0 Å². The molecule has 2 aromatic rings. The molecule has 4 rings (SSSR count). The number of ether oxygens (including phenoxy) is 2. The number of hydrogen-bond acceptors (Lipinski definition) is 6. The first-order chi connectivity index (χ1) is 13.7. The van der Waals surface area contributed by atoms with Crippen molar-refractivity contribution in [3.63, 3.8) is 0 Å². The van der Waals surface area contributed by atoms with Crippen molar-refractivity contribution in [2.75, 3.05) is 0 Å². The van der Waals surface area contributed by atoms with Crippen LogP contribution in [0.25, 0.3) is 0 Å². The lowest BCUT2D eigenvalue weighted by Gasteiger charge is -2.27. The van der Waals surface area contributed by atoms with E-state index in [0.717, 1.165) is 0 Å². The van der Waals surface area contributed by atoms with Crippen LogP contribution in [0.1, 0.15) is 18.4 Å². The van der Waals surface area contributed by atoms with Gasteiger partial charge >= 0.3 is 0 Å². The topological polar surface area (TPSA) is 118 Å². The number of rotatable bonds is 5. The maximum absolute atomic E-state index is 13.1. The Kier molecular flexibility index (Phi) is 5.46. The van der Waals surface area contributed by atoms with E-state index in [4.69, 9.17) is 38.4 Å². The van der Waals surface area contributed by atoms with E-state index >= 15 is 0 Å². The number of nitrogens with zero attached hydrogens (tertiary/aromatic N) is 1. The van der Waals surface area contributed by atoms with E-state index in [1.807, 2.05) is 6.07 Å². The van der Waals surface area contributed by atoms with Gasteiger partial charge in [0.05, 0.1) is 23.8 Å². The van der Waals surface area contributed by atoms with Crippen LogP contribution in [0.3, 0.4) is 0 Å². The molecule has 152 valence electrons. The second kappa shape index (κ2) is 7.76. The zero-order valence-electron chi connectivity index (χ0n) is 15.0. The van der Waals surface area contributed by atoms with E-state index in [-0.39, 0.29) is 40.2 Å². The molecule has 29 heavy (non-hydrogen) atoms. The van der Waals surface area contributed by atoms with Crippen LogP contribution in [0.5, 0.6) is 11.5 Å². The summed E-state index contributed by atoms with van der Waals surface area (Å²) in [5, 5.41) is 9.89. The quantitative estimate of drug-likeness (QED) is 0.670. The summed E-state index contributed by atoms with van der Waals surface area (Å²) in [4.78, 5) is -0.168. The lowest BCUT2D eigenvalue weighted by molar-refractivity contribution is 0.370. The minimum Gasteiger partial charge on any atom is -0.456 e. The Morgan fingerprint density at radius 2 is 1.83 bits per heavy atom. The van der Waals surface area contributed by atoms with Crippen LogP contribution in [0.2, 0.25) is 10.0 Å². The van der Waals surface area contributed by atoms with Crippen molar-refractivity contribution in [1.29, 1.82) is 5.26 Å². The molecule has 0 aromatic heterocycles. The lowest BCUT2D eigenvalue weighted by Crippen LogP contribution is -2.51. The fourth-order valence-corrected chi connectivity index (χ4v) is 5.40. The average molecular weight is 454 g/mol. The van der Waals surface area contributed by atoms with Gasteiger partial charge in [-0.1, -0.05) is 23.2 Å². The predicted molar refractivity (Wildman–Crippen MR) is 108 cm³/mol. The molecule has 2 fully saturated rings. The highest BCUT2D eigenvalue weighted by Crippen LogP contribution is 2.37. The highest BCUT2D eigenvalue weighted by atomic mass is 35.5. The van der Waals surface area contributed by atoms with Crippen LogP contribution in [-0.2, 0) is 14.8 Å². The van der Waals surface area contributed by atoms with Gasteiger partial charge in [-0.15, -0.1) is 0 Å². The van der Waals surface area contributed by atoms with Gasteiger partial charge in [0.2, 0.25) is 10.0 Å². The minimum absolute atomic E-state index is 0.0391. The van der Waals surface area contributed by atoms with E-state index in [1.165, 1.54) is 36.4 Å². The number of sulfonamides is 1. The van der Waals surface area contributed by atoms with E-state index in [0.29, 0.717) is 22.9 Å². The molecular weight excluding hydrogens is 437 g/mol. The standard InChI is InChI=1S/C19H17Cl2N3O4S/c20-11-4-12(21)6-13(5-11)27-16-2-1-10(9-22)3-19(16)29(25,26)24-15-8-18-17(28-18)7-14(15)23/h1-6,14-15,17-18,24H,7-8,23H2/t14-,15+,17?,18?/m0/s1. The lowest BCUT2D eigenvalue weighted by atomic mass is 9.92. The normalized spacial score (nSPS) is 25.7. The van der Waals surface area contributed by atoms with Gasteiger partial charge in [0.25, 0.3) is 0 Å². The number of nitrogens with two attached hydrogens (primary N) is 1. The van der Waals surface area contributed by atoms with Gasteiger partial charge in [-0.05, 0) is 49.2 Å². The average Bonchev–Trinajstić information content (AvgIpc) is 3.39. The third-order valence-electron chi connectivity index (χ3n) is 4.93. The van der Waals surface area contributed by atoms with Crippen molar-refractivity contribution in [1.82, 2.24) is 4.72 Å². The Balaban J connectivity index is 1.66. The molecule has 1 heterocycles. The third-order valence-corrected chi connectivity index (χ3v) is 6.88. The summed E-state index contributed by atoms with van der Waals surface area (Å²) in [5.74, 6) is 0.312. The molecule has 7 nitrogen and oxygen atoms in total. The molecule has 0 bridgehead atoms. The molecule has 4 atom stereocenters. The Hall–Kier alpha value is -1.86. The predicted octanol–water partition coefficient (Wildman–Crippen LogP) is 3.19. The maximum Gasteiger partial charge on any atom is 0.244 e. The van der Waals surface area contributed by atoms with Crippen molar-refractivity contribution in [3.8, 4) is 17.6 Å². The number of nitriles is 1. The van der Waals surface area contributed by atoms with Crippen molar-refractivity contribution in [2.45, 2.75) is 42.0 Å². The highest BCUT2D eigenvalue weighted by Gasteiger charge is 2.48. The summed E-state index contributed by atoms with van der Waals surface area (Å²) in [5.41, 5.74) is 6.29. The van der Waals surface area contributed by atoms with E-state index in [9.17, 15) is 13.7 Å². The first-order valence-corrected chi connectivity index (χ1v) is 11.1. The minimum atomic E-state index is -4.03. The summed E-state index contributed by atoms with van der Waals surface area (Å²) < 4.78 is 40.1. The van der Waals surface area contributed by atoms with Crippen molar-refractivity contribution in [2.24, 2.45) is 5.73 Å². The van der Waals surface area contributed by atoms with Crippen LogP contribution in [-0.4, -0.2) is 32.7 Å². The molecule has 1 saturated carbocycles. The number of epoxide rings is 1. The van der Waals surface area contributed by atoms with Crippen molar-refractivity contribution in [3.05, 3.63) is 52.0 Å².